The number of benzene rings is 1. The number of nitrogens with zero attached hydrogens (tertiary/aromatic N) is 2. The van der Waals surface area contributed by atoms with E-state index in [1.807, 2.05) is 16.7 Å². The maximum absolute atomic E-state index is 13.2. The van der Waals surface area contributed by atoms with E-state index in [-0.39, 0.29) is 24.4 Å². The highest BCUT2D eigenvalue weighted by Crippen LogP contribution is 2.31. The van der Waals surface area contributed by atoms with Gasteiger partial charge in [-0.2, -0.15) is 16.9 Å². The molecule has 0 aliphatic carbocycles. The van der Waals surface area contributed by atoms with Gasteiger partial charge >= 0.3 is 0 Å². The number of amides is 1. The van der Waals surface area contributed by atoms with Crippen molar-refractivity contribution < 1.29 is 4.79 Å². The Balaban J connectivity index is 0.00000182. The minimum Gasteiger partial charge on any atom is -0.329 e. The van der Waals surface area contributed by atoms with Gasteiger partial charge in [0.05, 0.1) is 6.04 Å². The number of carbonyl (C=O) groups is 1. The standard InChI is InChI=1S/C18H22N4OS.ClH/c1-12-2-4-13(5-3-12)16-11-24-9-8-22(16)18(23)17-14-10-19-7-6-15(14)20-21-17;/h2-5,16,19H,6-11H2,1H3,(H,20,21);1H. The van der Waals surface area contributed by atoms with Gasteiger partial charge in [-0.15, -0.1) is 12.4 Å². The molecule has 134 valence electrons. The number of aromatic nitrogens is 2. The largest absolute Gasteiger partial charge is 0.329 e. The summed E-state index contributed by atoms with van der Waals surface area (Å²) in [5.41, 5.74) is 5.21. The van der Waals surface area contributed by atoms with Gasteiger partial charge < -0.3 is 10.2 Å². The number of fused-ring (bicyclic) bond motifs is 1. The first-order valence-corrected chi connectivity index (χ1v) is 9.61. The van der Waals surface area contributed by atoms with E-state index in [4.69, 9.17) is 0 Å². The molecule has 0 bridgehead atoms. The normalized spacial score (nSPS) is 19.9. The Kier molecular flexibility index (Phi) is 5.71. The van der Waals surface area contributed by atoms with Gasteiger partial charge in [0.25, 0.3) is 5.91 Å². The monoisotopic (exact) mass is 378 g/mol. The maximum Gasteiger partial charge on any atom is 0.275 e. The van der Waals surface area contributed by atoms with Gasteiger partial charge in [-0.1, -0.05) is 29.8 Å². The molecule has 25 heavy (non-hydrogen) atoms. The molecule has 2 aliphatic rings. The summed E-state index contributed by atoms with van der Waals surface area (Å²) < 4.78 is 0. The van der Waals surface area contributed by atoms with Crippen LogP contribution in [0.25, 0.3) is 0 Å². The molecule has 0 saturated carbocycles. The second kappa shape index (κ2) is 7.81. The summed E-state index contributed by atoms with van der Waals surface area (Å²) in [6, 6.07) is 8.66. The Morgan fingerprint density at radius 2 is 2.12 bits per heavy atom. The summed E-state index contributed by atoms with van der Waals surface area (Å²) in [6.45, 7) is 4.53. The number of carbonyl (C=O) groups excluding carboxylic acids is 1. The first kappa shape index (κ1) is 18.3. The predicted octanol–water partition coefficient (Wildman–Crippen LogP) is 2.72. The summed E-state index contributed by atoms with van der Waals surface area (Å²) in [5, 5.41) is 10.8. The molecule has 4 rings (SSSR count). The van der Waals surface area contributed by atoms with Gasteiger partial charge in [0.15, 0.2) is 5.69 Å². The Labute approximate surface area is 158 Å². The number of nitrogens with one attached hydrogen (secondary N) is 2. The summed E-state index contributed by atoms with van der Waals surface area (Å²) in [7, 11) is 0. The average molecular weight is 379 g/mol. The zero-order valence-electron chi connectivity index (χ0n) is 14.2. The molecule has 1 unspecified atom stereocenters. The third kappa shape index (κ3) is 3.57. The van der Waals surface area contributed by atoms with Crippen molar-refractivity contribution in [1.82, 2.24) is 20.4 Å². The van der Waals surface area contributed by atoms with Gasteiger partial charge in [0.2, 0.25) is 0 Å². The summed E-state index contributed by atoms with van der Waals surface area (Å²) in [5.74, 6) is 1.99. The van der Waals surface area contributed by atoms with Crippen LogP contribution in [0.3, 0.4) is 0 Å². The lowest BCUT2D eigenvalue weighted by Gasteiger charge is -2.35. The molecule has 0 spiro atoms. The van der Waals surface area contributed by atoms with Crippen LogP contribution in [-0.2, 0) is 13.0 Å². The SMILES string of the molecule is Cc1ccc(C2CSCCN2C(=O)c2n[nH]c3c2CNCC3)cc1.Cl. The predicted molar refractivity (Wildman–Crippen MR) is 104 cm³/mol. The molecule has 1 atom stereocenters. The van der Waals surface area contributed by atoms with E-state index >= 15 is 0 Å². The lowest BCUT2D eigenvalue weighted by atomic mass is 10.0. The molecule has 0 radical (unpaired) electrons. The fourth-order valence-corrected chi connectivity index (χ4v) is 4.54. The number of hydrogen-bond acceptors (Lipinski definition) is 4. The van der Waals surface area contributed by atoms with Crippen LogP contribution in [0.2, 0.25) is 0 Å². The van der Waals surface area contributed by atoms with Crippen molar-refractivity contribution in [3.05, 3.63) is 52.3 Å². The van der Waals surface area contributed by atoms with Gasteiger partial charge in [-0.3, -0.25) is 9.89 Å². The third-order valence-electron chi connectivity index (χ3n) is 4.86. The van der Waals surface area contributed by atoms with Gasteiger partial charge in [0.1, 0.15) is 0 Å². The maximum atomic E-state index is 13.2. The van der Waals surface area contributed by atoms with Crippen LogP contribution in [-0.4, -0.2) is 45.6 Å². The van der Waals surface area contributed by atoms with E-state index in [0.717, 1.165) is 48.8 Å². The number of hydrogen-bond donors (Lipinski definition) is 2. The Morgan fingerprint density at radius 1 is 1.32 bits per heavy atom. The van der Waals surface area contributed by atoms with Gasteiger partial charge in [0, 0.05) is 48.8 Å². The molecule has 7 heteroatoms. The van der Waals surface area contributed by atoms with E-state index in [0.29, 0.717) is 5.69 Å². The minimum absolute atomic E-state index is 0. The molecule has 1 amide bonds. The fourth-order valence-electron chi connectivity index (χ4n) is 3.45. The highest BCUT2D eigenvalue weighted by Gasteiger charge is 2.32. The smallest absolute Gasteiger partial charge is 0.275 e. The molecule has 1 fully saturated rings. The number of thioether (sulfide) groups is 1. The number of H-pyrrole nitrogens is 1. The zero-order chi connectivity index (χ0) is 16.5. The average Bonchev–Trinajstić information content (AvgIpc) is 3.06. The first-order chi connectivity index (χ1) is 11.7. The number of aryl methyl sites for hydroxylation is 1. The molecule has 3 heterocycles. The Morgan fingerprint density at radius 3 is 2.92 bits per heavy atom. The molecule has 2 aliphatic heterocycles. The van der Waals surface area contributed by atoms with Crippen LogP contribution in [0.5, 0.6) is 0 Å². The number of rotatable bonds is 2. The van der Waals surface area contributed by atoms with E-state index in [9.17, 15) is 4.79 Å². The fraction of sp³-hybridized carbons (Fsp3) is 0.444. The van der Waals surface area contributed by atoms with Crippen molar-refractivity contribution in [2.45, 2.75) is 25.9 Å². The van der Waals surface area contributed by atoms with Crippen molar-refractivity contribution in [3.63, 3.8) is 0 Å². The van der Waals surface area contributed by atoms with Crippen molar-refractivity contribution in [2.75, 3.05) is 24.6 Å². The van der Waals surface area contributed by atoms with Crippen LogP contribution >= 0.6 is 24.2 Å². The summed E-state index contributed by atoms with van der Waals surface area (Å²) in [6.07, 6.45) is 0.910. The molecule has 2 aromatic rings. The molecule has 1 saturated heterocycles. The highest BCUT2D eigenvalue weighted by atomic mass is 35.5. The van der Waals surface area contributed by atoms with E-state index in [2.05, 4.69) is 46.7 Å². The van der Waals surface area contributed by atoms with E-state index in [1.54, 1.807) is 0 Å². The quantitative estimate of drug-likeness (QED) is 0.843. The highest BCUT2D eigenvalue weighted by molar-refractivity contribution is 7.99. The topological polar surface area (TPSA) is 61.0 Å². The molecule has 2 N–H and O–H groups in total. The zero-order valence-corrected chi connectivity index (χ0v) is 15.9. The molecular formula is C18H23ClN4OS. The Hall–Kier alpha value is -1.50. The third-order valence-corrected chi connectivity index (χ3v) is 5.88. The van der Waals surface area contributed by atoms with Crippen molar-refractivity contribution in [2.24, 2.45) is 0 Å². The van der Waals surface area contributed by atoms with Crippen LogP contribution < -0.4 is 5.32 Å². The number of aromatic amines is 1. The second-order valence-corrected chi connectivity index (χ2v) is 7.61. The second-order valence-electron chi connectivity index (χ2n) is 6.46. The lowest BCUT2D eigenvalue weighted by molar-refractivity contribution is 0.0694. The molecular weight excluding hydrogens is 356 g/mol. The summed E-state index contributed by atoms with van der Waals surface area (Å²) >= 11 is 1.91. The molecule has 1 aromatic carbocycles. The van der Waals surface area contributed by atoms with Crippen LogP contribution in [0, 0.1) is 6.92 Å². The summed E-state index contributed by atoms with van der Waals surface area (Å²) in [4.78, 5) is 15.2. The Bertz CT molecular complexity index is 746. The minimum atomic E-state index is 0. The van der Waals surface area contributed by atoms with Crippen LogP contribution in [0.15, 0.2) is 24.3 Å². The van der Waals surface area contributed by atoms with Crippen molar-refractivity contribution in [1.29, 1.82) is 0 Å². The van der Waals surface area contributed by atoms with Gasteiger partial charge in [-0.25, -0.2) is 0 Å². The van der Waals surface area contributed by atoms with E-state index < -0.39 is 0 Å². The molecule has 5 nitrogen and oxygen atoms in total. The first-order valence-electron chi connectivity index (χ1n) is 8.46. The van der Waals surface area contributed by atoms with Gasteiger partial charge in [-0.05, 0) is 12.5 Å². The lowest BCUT2D eigenvalue weighted by Crippen LogP contribution is -2.41. The van der Waals surface area contributed by atoms with Crippen molar-refractivity contribution >= 4 is 30.1 Å². The molecule has 1 aromatic heterocycles. The van der Waals surface area contributed by atoms with E-state index in [1.165, 1.54) is 11.1 Å². The van der Waals surface area contributed by atoms with Crippen molar-refractivity contribution in [3.8, 4) is 0 Å². The van der Waals surface area contributed by atoms with Crippen LogP contribution in [0.1, 0.15) is 38.9 Å². The number of halogens is 1. The van der Waals surface area contributed by atoms with Crippen LogP contribution in [0.4, 0.5) is 0 Å².